The van der Waals surface area contributed by atoms with E-state index in [1.165, 1.54) is 25.1 Å². The van der Waals surface area contributed by atoms with E-state index in [4.69, 9.17) is 5.73 Å². The van der Waals surface area contributed by atoms with Gasteiger partial charge in [-0.25, -0.2) is 4.39 Å². The number of phenols is 1. The summed E-state index contributed by atoms with van der Waals surface area (Å²) >= 11 is 0. The molecule has 1 aromatic rings. The lowest BCUT2D eigenvalue weighted by atomic mass is 9.57. The lowest BCUT2D eigenvalue weighted by Crippen LogP contribution is -2.65. The molecule has 1 amide bonds. The second-order valence-electron chi connectivity index (χ2n) is 12.6. The third-order valence-electron chi connectivity index (χ3n) is 9.33. The number of ketones is 2. The number of Topliss-reactive ketones (excluding diaryl/α,β-unsaturated/α-hetero) is 2. The zero-order valence-corrected chi connectivity index (χ0v) is 25.6. The van der Waals surface area contributed by atoms with Gasteiger partial charge in [-0.15, -0.1) is 24.8 Å². The Bertz CT molecular complexity index is 1400. The fourth-order valence-corrected chi connectivity index (χ4v) is 7.02. The Kier molecular flexibility index (Phi) is 9.19. The van der Waals surface area contributed by atoms with Gasteiger partial charge in [0.15, 0.2) is 11.4 Å². The van der Waals surface area contributed by atoms with Crippen LogP contribution in [0.15, 0.2) is 23.0 Å². The molecule has 0 spiro atoms. The number of piperidine rings is 1. The van der Waals surface area contributed by atoms with E-state index < -0.39 is 69.6 Å². The van der Waals surface area contributed by atoms with Crippen LogP contribution in [0.5, 0.6) is 5.75 Å². The van der Waals surface area contributed by atoms with Gasteiger partial charge in [-0.1, -0.05) is 13.8 Å². The smallest absolute Gasteiger partial charge is 0.255 e. The van der Waals surface area contributed by atoms with E-state index in [0.29, 0.717) is 0 Å². The van der Waals surface area contributed by atoms with Crippen LogP contribution in [0.3, 0.4) is 0 Å². The number of aromatic hydroxyl groups is 1. The third kappa shape index (κ3) is 4.98. The van der Waals surface area contributed by atoms with Crippen molar-refractivity contribution in [2.75, 3.05) is 27.2 Å². The van der Waals surface area contributed by atoms with E-state index in [0.717, 1.165) is 25.9 Å². The number of amides is 1. The number of rotatable bonds is 4. The highest BCUT2D eigenvalue weighted by Crippen LogP contribution is 2.53. The number of benzene rings is 1. The van der Waals surface area contributed by atoms with Crippen LogP contribution in [0.4, 0.5) is 4.39 Å². The minimum absolute atomic E-state index is 0. The lowest BCUT2D eigenvalue weighted by molar-refractivity contribution is -0.153. The fourth-order valence-electron chi connectivity index (χ4n) is 7.02. The Morgan fingerprint density at radius 3 is 2.29 bits per heavy atom. The Balaban J connectivity index is 0.00000242. The maximum atomic E-state index is 16.0. The molecule has 4 atom stereocenters. The molecule has 1 saturated heterocycles. The first-order valence-corrected chi connectivity index (χ1v) is 13.5. The zero-order valence-electron chi connectivity index (χ0n) is 23.9. The predicted octanol–water partition coefficient (Wildman–Crippen LogP) is 2.57. The van der Waals surface area contributed by atoms with Crippen molar-refractivity contribution in [3.8, 4) is 5.75 Å². The van der Waals surface area contributed by atoms with Crippen LogP contribution in [-0.2, 0) is 27.3 Å². The van der Waals surface area contributed by atoms with Crippen molar-refractivity contribution < 1.29 is 39.2 Å². The molecule has 1 aromatic carbocycles. The van der Waals surface area contributed by atoms with Gasteiger partial charge >= 0.3 is 0 Å². The van der Waals surface area contributed by atoms with Gasteiger partial charge in [-0.3, -0.25) is 24.2 Å². The van der Waals surface area contributed by atoms with E-state index in [9.17, 15) is 34.8 Å². The number of primary amides is 1. The first-order chi connectivity index (χ1) is 18.6. The molecule has 2 fully saturated rings. The molecule has 5 rings (SSSR count). The maximum Gasteiger partial charge on any atom is 0.255 e. The van der Waals surface area contributed by atoms with E-state index in [2.05, 4.69) is 18.7 Å². The van der Waals surface area contributed by atoms with Crippen LogP contribution in [0.1, 0.15) is 49.8 Å². The number of phenolic OH excluding ortho intramolecular Hbond substituents is 1. The minimum Gasteiger partial charge on any atom is -0.508 e. The molecular formula is C29H38Cl2FN3O7. The monoisotopic (exact) mass is 629 g/mol. The van der Waals surface area contributed by atoms with Crippen molar-refractivity contribution in [1.82, 2.24) is 9.80 Å². The maximum absolute atomic E-state index is 16.0. The molecule has 42 heavy (non-hydrogen) atoms. The van der Waals surface area contributed by atoms with Crippen molar-refractivity contribution in [3.63, 3.8) is 0 Å². The zero-order chi connectivity index (χ0) is 29.5. The number of aliphatic hydroxyl groups excluding tert-OH is 2. The highest BCUT2D eigenvalue weighted by Gasteiger charge is 2.64. The Labute approximate surface area is 255 Å². The first-order valence-electron chi connectivity index (χ1n) is 13.5. The fraction of sp³-hybridized carbons (Fsp3) is 0.552. The van der Waals surface area contributed by atoms with Crippen molar-refractivity contribution >= 4 is 48.0 Å². The van der Waals surface area contributed by atoms with Gasteiger partial charge in [0.1, 0.15) is 28.7 Å². The summed E-state index contributed by atoms with van der Waals surface area (Å²) < 4.78 is 16.0. The Morgan fingerprint density at radius 1 is 1.14 bits per heavy atom. The number of nitrogens with two attached hydrogens (primary N) is 1. The standard InChI is InChI=1S/C29H36FN3O7.2ClH/c1-28(2)5-7-33(8-6-28)12-14-11-17(34)19-15(21(14)30)9-13-10-16-22(32(3)4)24(36)20(27(31)39)26(38)29(16,40)25(37)18(13)23(19)35;;/h11,13,16,22,34-35,38,40H,5-10,12H2,1-4H3,(H2,31,39);2*1H/t13-,16-,22-,29-;;/m0../s1. The molecule has 232 valence electrons. The summed E-state index contributed by atoms with van der Waals surface area (Å²) in [5, 5.41) is 44.7. The summed E-state index contributed by atoms with van der Waals surface area (Å²) in [6.45, 7) is 6.22. The summed E-state index contributed by atoms with van der Waals surface area (Å²) in [5.41, 5.74) is 1.74. The topological polar surface area (TPSA) is 165 Å². The summed E-state index contributed by atoms with van der Waals surface area (Å²) in [7, 11) is 3.05. The molecule has 4 aliphatic rings. The number of halogens is 3. The van der Waals surface area contributed by atoms with Crippen LogP contribution in [0.25, 0.3) is 5.76 Å². The van der Waals surface area contributed by atoms with Crippen molar-refractivity contribution in [3.05, 3.63) is 45.5 Å². The Hall–Kier alpha value is -2.70. The van der Waals surface area contributed by atoms with Crippen molar-refractivity contribution in [2.45, 2.75) is 57.7 Å². The first kappa shape index (κ1) is 33.8. The molecule has 3 aliphatic carbocycles. The summed E-state index contributed by atoms with van der Waals surface area (Å²) in [6.07, 6.45) is 1.75. The van der Waals surface area contributed by atoms with Crippen LogP contribution in [-0.4, -0.2) is 86.5 Å². The molecule has 0 radical (unpaired) electrons. The minimum atomic E-state index is -2.72. The van der Waals surface area contributed by atoms with Gasteiger partial charge in [0.25, 0.3) is 5.91 Å². The molecule has 13 heteroatoms. The summed E-state index contributed by atoms with van der Waals surface area (Å²) in [5.74, 6) is -8.11. The second-order valence-corrected chi connectivity index (χ2v) is 12.6. The lowest BCUT2D eigenvalue weighted by Gasteiger charge is -2.50. The van der Waals surface area contributed by atoms with Crippen LogP contribution >= 0.6 is 24.8 Å². The van der Waals surface area contributed by atoms with Gasteiger partial charge < -0.3 is 26.2 Å². The number of hydrogen-bond donors (Lipinski definition) is 5. The number of fused-ring (bicyclic) bond motifs is 3. The van der Waals surface area contributed by atoms with E-state index >= 15 is 4.39 Å². The third-order valence-corrected chi connectivity index (χ3v) is 9.33. The average molecular weight is 631 g/mol. The van der Waals surface area contributed by atoms with Crippen molar-refractivity contribution in [1.29, 1.82) is 0 Å². The summed E-state index contributed by atoms with van der Waals surface area (Å²) in [4.78, 5) is 42.6. The second kappa shape index (κ2) is 11.4. The quantitative estimate of drug-likeness (QED) is 0.315. The number of aliphatic hydroxyl groups is 3. The molecule has 0 unspecified atom stereocenters. The molecular weight excluding hydrogens is 592 g/mol. The van der Waals surface area contributed by atoms with Gasteiger partial charge in [0.05, 0.1) is 11.6 Å². The molecule has 10 nitrogen and oxygen atoms in total. The average Bonchev–Trinajstić information content (AvgIpc) is 2.85. The number of hydrogen-bond acceptors (Lipinski definition) is 9. The number of nitrogens with zero attached hydrogens (tertiary/aromatic N) is 2. The van der Waals surface area contributed by atoms with E-state index in [-0.39, 0.29) is 71.9 Å². The van der Waals surface area contributed by atoms with E-state index in [1.807, 2.05) is 0 Å². The van der Waals surface area contributed by atoms with Crippen LogP contribution in [0.2, 0.25) is 0 Å². The molecule has 0 aromatic heterocycles. The molecule has 0 bridgehead atoms. The normalized spacial score (nSPS) is 28.9. The Morgan fingerprint density at radius 2 is 1.74 bits per heavy atom. The molecule has 1 saturated carbocycles. The number of likely N-dealkylation sites (tertiary alicyclic amines) is 1. The van der Waals surface area contributed by atoms with E-state index in [1.54, 1.807) is 0 Å². The van der Waals surface area contributed by atoms with Crippen LogP contribution < -0.4 is 5.73 Å². The number of carbonyl (C=O) groups excluding carboxylic acids is 3. The largest absolute Gasteiger partial charge is 0.508 e. The molecule has 1 heterocycles. The molecule has 1 aliphatic heterocycles. The predicted molar refractivity (Wildman–Crippen MR) is 157 cm³/mol. The number of carbonyl (C=O) groups is 3. The highest BCUT2D eigenvalue weighted by molar-refractivity contribution is 6.24. The van der Waals surface area contributed by atoms with Gasteiger partial charge in [-0.05, 0) is 70.3 Å². The highest BCUT2D eigenvalue weighted by atomic mass is 35.5. The SMILES string of the molecule is CN(C)[C@@H]1C(=O)C(C(N)=O)=C(O)[C@@]2(O)C(=O)C3=C(O)c4c(O)cc(CN5CCC(C)(C)CC5)c(F)c4C[C@H]3C[C@@H]12.Cl.Cl. The van der Waals surface area contributed by atoms with Crippen LogP contribution in [0, 0.1) is 23.1 Å². The van der Waals surface area contributed by atoms with Gasteiger partial charge in [0, 0.05) is 29.2 Å². The summed E-state index contributed by atoms with van der Waals surface area (Å²) in [6, 6.07) is 0.0603. The van der Waals surface area contributed by atoms with Crippen molar-refractivity contribution in [2.24, 2.45) is 23.0 Å². The molecule has 6 N–H and O–H groups in total. The van der Waals surface area contributed by atoms with Gasteiger partial charge in [-0.2, -0.15) is 0 Å². The van der Waals surface area contributed by atoms with Gasteiger partial charge in [0.2, 0.25) is 5.78 Å². The number of likely N-dealkylation sites (N-methyl/N-ethyl adjacent to an activating group) is 1.